The summed E-state index contributed by atoms with van der Waals surface area (Å²) in [6.07, 6.45) is 6.06. The lowest BCUT2D eigenvalue weighted by atomic mass is 9.96. The summed E-state index contributed by atoms with van der Waals surface area (Å²) in [6.45, 7) is 4.53. The van der Waals surface area contributed by atoms with E-state index in [0.717, 1.165) is 31.4 Å². The summed E-state index contributed by atoms with van der Waals surface area (Å²) in [4.78, 5) is 33.7. The summed E-state index contributed by atoms with van der Waals surface area (Å²) < 4.78 is 10.9. The van der Waals surface area contributed by atoms with E-state index in [9.17, 15) is 9.59 Å². The molecule has 1 aliphatic rings. The minimum Gasteiger partial charge on any atom is -0.463 e. The number of carbonyl (C=O) groups excluding carboxylic acids is 1. The van der Waals surface area contributed by atoms with Crippen LogP contribution in [-0.2, 0) is 16.1 Å². The van der Waals surface area contributed by atoms with Gasteiger partial charge in [0, 0.05) is 38.6 Å². The molecule has 6 nitrogen and oxygen atoms in total. The Balaban J connectivity index is 1.50. The Labute approximate surface area is 259 Å². The molecule has 0 saturated carbocycles. The second-order valence-corrected chi connectivity index (χ2v) is 12.7. The Kier molecular flexibility index (Phi) is 8.07. The van der Waals surface area contributed by atoms with E-state index in [-0.39, 0.29) is 12.2 Å². The lowest BCUT2D eigenvalue weighted by molar-refractivity contribution is -0.139. The number of fused-ring (bicyclic) bond motifs is 2. The van der Waals surface area contributed by atoms with Gasteiger partial charge in [-0.05, 0) is 67.6 Å². The second-order valence-electron chi connectivity index (χ2n) is 9.93. The maximum atomic E-state index is 14.1. The SMILES string of the molecule is CCOC(=O)C1=C(C)N=c2s/c(=C/c3cn(Cc4ccc(Br)cc4)c4ccccc34)c(=O)n2[C@@H]1c1ccc(SC)cc1. The molecule has 5 aromatic rings. The van der Waals surface area contributed by atoms with Crippen LogP contribution in [-0.4, -0.2) is 28.0 Å². The first-order valence-electron chi connectivity index (χ1n) is 13.5. The van der Waals surface area contributed by atoms with Crippen molar-refractivity contribution < 1.29 is 9.53 Å². The summed E-state index contributed by atoms with van der Waals surface area (Å²) in [5.74, 6) is -0.456. The van der Waals surface area contributed by atoms with Crippen molar-refractivity contribution in [3.8, 4) is 0 Å². The van der Waals surface area contributed by atoms with E-state index in [0.29, 0.717) is 27.1 Å². The summed E-state index contributed by atoms with van der Waals surface area (Å²) in [7, 11) is 0. The highest BCUT2D eigenvalue weighted by Gasteiger charge is 2.33. The van der Waals surface area contributed by atoms with Gasteiger partial charge in [0.15, 0.2) is 4.80 Å². The van der Waals surface area contributed by atoms with Gasteiger partial charge < -0.3 is 9.30 Å². The highest BCUT2D eigenvalue weighted by Crippen LogP contribution is 2.32. The van der Waals surface area contributed by atoms with Crippen LogP contribution >= 0.6 is 39.0 Å². The molecule has 0 fully saturated rings. The highest BCUT2D eigenvalue weighted by molar-refractivity contribution is 9.10. The predicted molar refractivity (Wildman–Crippen MR) is 174 cm³/mol. The Morgan fingerprint density at radius 2 is 1.83 bits per heavy atom. The van der Waals surface area contributed by atoms with Gasteiger partial charge in [-0.1, -0.05) is 69.7 Å². The monoisotopic (exact) mass is 657 g/mol. The topological polar surface area (TPSA) is 65.6 Å². The zero-order valence-electron chi connectivity index (χ0n) is 23.3. The molecule has 0 N–H and O–H groups in total. The molecule has 1 atom stereocenters. The summed E-state index contributed by atoms with van der Waals surface area (Å²) in [5.41, 5.74) is 4.83. The van der Waals surface area contributed by atoms with Crippen LogP contribution in [0.25, 0.3) is 17.0 Å². The molecule has 6 rings (SSSR count). The molecule has 0 bridgehead atoms. The molecule has 9 heteroatoms. The lowest BCUT2D eigenvalue weighted by Gasteiger charge is -2.24. The van der Waals surface area contributed by atoms with E-state index in [4.69, 9.17) is 9.73 Å². The van der Waals surface area contributed by atoms with Crippen LogP contribution in [0.2, 0.25) is 0 Å². The highest BCUT2D eigenvalue weighted by atomic mass is 79.9. The quantitative estimate of drug-likeness (QED) is 0.153. The molecule has 0 saturated heterocycles. The number of rotatable bonds is 7. The molecular formula is C33H28BrN3O3S2. The summed E-state index contributed by atoms with van der Waals surface area (Å²) in [6, 6.07) is 23.8. The largest absolute Gasteiger partial charge is 0.463 e. The molecule has 0 spiro atoms. The molecule has 212 valence electrons. The van der Waals surface area contributed by atoms with Crippen molar-refractivity contribution in [2.24, 2.45) is 4.99 Å². The number of nitrogens with zero attached hydrogens (tertiary/aromatic N) is 3. The second kappa shape index (κ2) is 11.9. The number of para-hydroxylation sites is 1. The first-order chi connectivity index (χ1) is 20.4. The zero-order valence-corrected chi connectivity index (χ0v) is 26.6. The van der Waals surface area contributed by atoms with Crippen molar-refractivity contribution >= 4 is 62.0 Å². The van der Waals surface area contributed by atoms with Crippen LogP contribution in [0.4, 0.5) is 0 Å². The molecule has 0 radical (unpaired) electrons. The van der Waals surface area contributed by atoms with Crippen molar-refractivity contribution in [3.63, 3.8) is 0 Å². The van der Waals surface area contributed by atoms with Crippen molar-refractivity contribution in [2.45, 2.75) is 31.3 Å². The molecule has 3 aromatic carbocycles. The average molecular weight is 659 g/mol. The maximum Gasteiger partial charge on any atom is 0.338 e. The van der Waals surface area contributed by atoms with E-state index in [1.807, 2.05) is 67.8 Å². The summed E-state index contributed by atoms with van der Waals surface area (Å²) >= 11 is 6.49. The number of hydrogen-bond acceptors (Lipinski definition) is 6. The maximum absolute atomic E-state index is 14.1. The molecule has 0 aliphatic carbocycles. The van der Waals surface area contributed by atoms with Gasteiger partial charge in [0.1, 0.15) is 0 Å². The van der Waals surface area contributed by atoms with Crippen LogP contribution in [0.15, 0.2) is 109 Å². The predicted octanol–water partition coefficient (Wildman–Crippen LogP) is 6.29. The number of halogens is 1. The van der Waals surface area contributed by atoms with Crippen LogP contribution < -0.4 is 14.9 Å². The number of esters is 1. The molecule has 2 aromatic heterocycles. The third kappa shape index (κ3) is 5.32. The number of benzene rings is 3. The Bertz CT molecular complexity index is 2020. The molecule has 42 heavy (non-hydrogen) atoms. The lowest BCUT2D eigenvalue weighted by Crippen LogP contribution is -2.39. The molecule has 0 unspecified atom stereocenters. The molecule has 1 aliphatic heterocycles. The van der Waals surface area contributed by atoms with Crippen LogP contribution in [0, 0.1) is 0 Å². The van der Waals surface area contributed by atoms with Crippen LogP contribution in [0.1, 0.15) is 36.6 Å². The number of ether oxygens (including phenoxy) is 1. The molecule has 3 heterocycles. The van der Waals surface area contributed by atoms with Crippen molar-refractivity contribution in [1.29, 1.82) is 0 Å². The smallest absolute Gasteiger partial charge is 0.338 e. The van der Waals surface area contributed by atoms with Crippen molar-refractivity contribution in [3.05, 3.63) is 131 Å². The minimum atomic E-state index is -0.628. The van der Waals surface area contributed by atoms with E-state index >= 15 is 0 Å². The first kappa shape index (κ1) is 28.5. The Morgan fingerprint density at radius 3 is 2.55 bits per heavy atom. The minimum absolute atomic E-state index is 0.184. The third-order valence-electron chi connectivity index (χ3n) is 7.32. The van der Waals surface area contributed by atoms with E-state index in [1.54, 1.807) is 23.3 Å². The van der Waals surface area contributed by atoms with Gasteiger partial charge >= 0.3 is 5.97 Å². The molecule has 0 amide bonds. The fourth-order valence-corrected chi connectivity index (χ4v) is 7.05. The van der Waals surface area contributed by atoms with Crippen LogP contribution in [0.5, 0.6) is 0 Å². The fourth-order valence-electron chi connectivity index (χ4n) is 5.34. The van der Waals surface area contributed by atoms with Gasteiger partial charge in [-0.15, -0.1) is 11.8 Å². The fraction of sp³-hybridized carbons (Fsp3) is 0.182. The van der Waals surface area contributed by atoms with E-state index in [2.05, 4.69) is 51.0 Å². The number of allylic oxidation sites excluding steroid dienone is 1. The normalized spacial score (nSPS) is 15.1. The van der Waals surface area contributed by atoms with Gasteiger partial charge in [-0.2, -0.15) is 0 Å². The van der Waals surface area contributed by atoms with Crippen molar-refractivity contribution in [1.82, 2.24) is 9.13 Å². The Morgan fingerprint density at radius 1 is 1.10 bits per heavy atom. The van der Waals surface area contributed by atoms with E-state index < -0.39 is 12.0 Å². The van der Waals surface area contributed by atoms with Crippen LogP contribution in [0.3, 0.4) is 0 Å². The summed E-state index contributed by atoms with van der Waals surface area (Å²) in [5, 5.41) is 1.06. The van der Waals surface area contributed by atoms with Gasteiger partial charge in [0.25, 0.3) is 5.56 Å². The number of hydrogen-bond donors (Lipinski definition) is 0. The zero-order chi connectivity index (χ0) is 29.4. The Hall–Kier alpha value is -3.66. The van der Waals surface area contributed by atoms with Crippen molar-refractivity contribution in [2.75, 3.05) is 12.9 Å². The van der Waals surface area contributed by atoms with E-state index in [1.165, 1.54) is 16.9 Å². The number of carbonyl (C=O) groups is 1. The number of aromatic nitrogens is 2. The van der Waals surface area contributed by atoms with Gasteiger partial charge in [-0.3, -0.25) is 9.36 Å². The number of thioether (sulfide) groups is 1. The van der Waals surface area contributed by atoms with Gasteiger partial charge in [0.2, 0.25) is 0 Å². The standard InChI is InChI=1S/C33H28BrN3O3S2/c1-4-40-32(39)29-20(2)35-33-37(30(29)22-11-15-25(41-3)16-12-22)31(38)28(42-33)17-23-19-36(27-8-6-5-7-26(23)27)18-21-9-13-24(34)14-10-21/h5-17,19,30H,4,18H2,1-3H3/b28-17+/t30-/m1/s1. The number of thiazole rings is 1. The van der Waals surface area contributed by atoms with Gasteiger partial charge in [0.05, 0.1) is 28.5 Å². The first-order valence-corrected chi connectivity index (χ1v) is 16.4. The average Bonchev–Trinajstić information content (AvgIpc) is 3.50. The van der Waals surface area contributed by atoms with Gasteiger partial charge in [-0.25, -0.2) is 9.79 Å². The third-order valence-corrected chi connectivity index (χ3v) is 9.58. The molecular weight excluding hydrogens is 630 g/mol.